The average Bonchev–Trinajstić information content (AvgIpc) is 3.05. The fraction of sp³-hybridized carbons (Fsp3) is 0.556. The molecule has 0 aromatic heterocycles. The molecule has 0 aliphatic heterocycles. The molecule has 0 heterocycles. The molecule has 1 aliphatic carbocycles. The quantitative estimate of drug-likeness (QED) is 0.259. The summed E-state index contributed by atoms with van der Waals surface area (Å²) in [5.74, 6) is 0.333. The fourth-order valence-corrected chi connectivity index (χ4v) is 5.65. The van der Waals surface area contributed by atoms with Crippen LogP contribution in [0.5, 0.6) is 0 Å². The zero-order valence-corrected chi connectivity index (χ0v) is 23.8. The van der Waals surface area contributed by atoms with Crippen molar-refractivity contribution >= 4 is 23.2 Å². The Bertz CT molecular complexity index is 797. The maximum Gasteiger partial charge on any atom is 0.0631 e. The molecule has 1 aliphatic rings. The number of ether oxygens (including phenoxy) is 1. The Kier molecular flexibility index (Phi) is 11.7. The van der Waals surface area contributed by atoms with Crippen LogP contribution in [-0.4, -0.2) is 28.6 Å². The normalized spacial score (nSPS) is 24.2. The summed E-state index contributed by atoms with van der Waals surface area (Å²) < 4.78 is 6.02. The average molecular weight is 551 g/mol. The second-order valence-electron chi connectivity index (χ2n) is 9.39. The molecule has 2 nitrogen and oxygen atoms in total. The molecule has 1 N–H and O–H groups in total. The molecule has 2 aromatic carbocycles. The molecule has 5 heteroatoms. The molecule has 0 bridgehead atoms. The Morgan fingerprint density at radius 2 is 1.88 bits per heavy atom. The van der Waals surface area contributed by atoms with Crippen LogP contribution in [0.25, 0.3) is 0 Å². The first-order valence-electron chi connectivity index (χ1n) is 11.4. The third kappa shape index (κ3) is 7.03. The van der Waals surface area contributed by atoms with Crippen LogP contribution in [0, 0.1) is 12.0 Å². The minimum Gasteiger partial charge on any atom is -0.392 e. The topological polar surface area (TPSA) is 29.5 Å². The van der Waals surface area contributed by atoms with Gasteiger partial charge < -0.3 is 9.84 Å². The molecule has 173 valence electrons. The van der Waals surface area contributed by atoms with Gasteiger partial charge in [0.2, 0.25) is 0 Å². The van der Waals surface area contributed by atoms with Gasteiger partial charge in [-0.15, -0.1) is 28.8 Å². The molecule has 32 heavy (non-hydrogen) atoms. The van der Waals surface area contributed by atoms with E-state index in [2.05, 4.69) is 51.1 Å². The summed E-state index contributed by atoms with van der Waals surface area (Å²) in [7, 11) is 0. The Morgan fingerprint density at radius 3 is 2.50 bits per heavy atom. The SMILES string of the molecule is CCCCC(O)C(C)(C)c1ccc(C2C(Cl)CC(Cl)C2COCc2c[c-]ccc2)cc1.[Y]. The molecule has 3 rings (SSSR count). The summed E-state index contributed by atoms with van der Waals surface area (Å²) in [5.41, 5.74) is 3.18. The minimum atomic E-state index is -0.353. The smallest absolute Gasteiger partial charge is 0.0631 e. The molecular weight excluding hydrogens is 516 g/mol. The van der Waals surface area contributed by atoms with Crippen molar-refractivity contribution in [2.24, 2.45) is 5.92 Å². The molecule has 0 spiro atoms. The largest absolute Gasteiger partial charge is 0.392 e. The summed E-state index contributed by atoms with van der Waals surface area (Å²) in [6, 6.07) is 19.6. The summed E-state index contributed by atoms with van der Waals surface area (Å²) in [4.78, 5) is 0. The number of aliphatic hydroxyl groups excluding tert-OH is 1. The second-order valence-corrected chi connectivity index (χ2v) is 10.5. The maximum atomic E-state index is 10.7. The Hall–Kier alpha value is 0.0439. The van der Waals surface area contributed by atoms with E-state index in [0.717, 1.165) is 36.8 Å². The first-order chi connectivity index (χ1) is 14.8. The molecule has 1 radical (unpaired) electrons. The van der Waals surface area contributed by atoms with Crippen LogP contribution in [0.15, 0.2) is 48.5 Å². The molecule has 5 atom stereocenters. The van der Waals surface area contributed by atoms with Crippen LogP contribution >= 0.6 is 23.2 Å². The van der Waals surface area contributed by atoms with Gasteiger partial charge in [0.05, 0.1) is 12.7 Å². The molecule has 1 fully saturated rings. The van der Waals surface area contributed by atoms with Gasteiger partial charge in [0.25, 0.3) is 0 Å². The molecule has 5 unspecified atom stereocenters. The van der Waals surface area contributed by atoms with Crippen molar-refractivity contribution in [3.05, 3.63) is 71.3 Å². The van der Waals surface area contributed by atoms with E-state index in [1.807, 2.05) is 24.3 Å². The zero-order valence-electron chi connectivity index (χ0n) is 19.4. The Morgan fingerprint density at radius 1 is 1.16 bits per heavy atom. The number of rotatable bonds is 10. The summed E-state index contributed by atoms with van der Waals surface area (Å²) in [6.07, 6.45) is 3.39. The zero-order chi connectivity index (χ0) is 22.4. The van der Waals surface area contributed by atoms with E-state index in [1.54, 1.807) is 0 Å². The summed E-state index contributed by atoms with van der Waals surface area (Å²) in [5, 5.41) is 10.7. The van der Waals surface area contributed by atoms with E-state index < -0.39 is 0 Å². The standard InChI is InChI=1S/C27H35Cl2O2.Y/c1-4-5-11-25(30)27(2,3)21-14-12-20(13-15-21)26-22(23(28)16-24(26)29)18-31-17-19-9-7-6-8-10-19;/h6-7,9-10,12-15,22-26,30H,4-5,11,16-18H2,1-3H3;/q-1;. The van der Waals surface area contributed by atoms with Crippen LogP contribution in [0.3, 0.4) is 0 Å². The van der Waals surface area contributed by atoms with Crippen LogP contribution in [-0.2, 0) is 49.5 Å². The van der Waals surface area contributed by atoms with Crippen molar-refractivity contribution in [2.45, 2.75) is 81.3 Å². The maximum absolute atomic E-state index is 10.7. The van der Waals surface area contributed by atoms with Crippen LogP contribution in [0.2, 0.25) is 0 Å². The van der Waals surface area contributed by atoms with Gasteiger partial charge in [-0.05, 0) is 24.0 Å². The first-order valence-corrected chi connectivity index (χ1v) is 12.3. The van der Waals surface area contributed by atoms with Gasteiger partial charge in [0, 0.05) is 67.3 Å². The number of benzene rings is 2. The van der Waals surface area contributed by atoms with Crippen molar-refractivity contribution in [2.75, 3.05) is 6.61 Å². The number of alkyl halides is 2. The number of unbranched alkanes of at least 4 members (excludes halogenated alkanes) is 1. The van der Waals surface area contributed by atoms with Crippen molar-refractivity contribution in [3.8, 4) is 0 Å². The predicted octanol–water partition coefficient (Wildman–Crippen LogP) is 6.85. The number of hydrogen-bond acceptors (Lipinski definition) is 2. The van der Waals surface area contributed by atoms with Crippen molar-refractivity contribution in [3.63, 3.8) is 0 Å². The number of aliphatic hydroxyl groups is 1. The van der Waals surface area contributed by atoms with Crippen LogP contribution < -0.4 is 0 Å². The molecule has 1 saturated carbocycles. The molecule has 2 aromatic rings. The van der Waals surface area contributed by atoms with Crippen molar-refractivity contribution < 1.29 is 42.6 Å². The Balaban J connectivity index is 0.00000363. The van der Waals surface area contributed by atoms with E-state index in [1.165, 1.54) is 5.56 Å². The van der Waals surface area contributed by atoms with E-state index in [-0.39, 0.29) is 66.8 Å². The van der Waals surface area contributed by atoms with Gasteiger partial charge in [-0.1, -0.05) is 57.9 Å². The molecular formula is C27H35Cl2O2Y-. The third-order valence-electron chi connectivity index (χ3n) is 6.82. The first kappa shape index (κ1) is 28.3. The van der Waals surface area contributed by atoms with Gasteiger partial charge in [-0.3, -0.25) is 0 Å². The second kappa shape index (κ2) is 13.2. The summed E-state index contributed by atoms with van der Waals surface area (Å²) >= 11 is 13.4. The predicted molar refractivity (Wildman–Crippen MR) is 130 cm³/mol. The van der Waals surface area contributed by atoms with Gasteiger partial charge in [0.15, 0.2) is 0 Å². The summed E-state index contributed by atoms with van der Waals surface area (Å²) in [6.45, 7) is 7.53. The van der Waals surface area contributed by atoms with Crippen LogP contribution in [0.4, 0.5) is 0 Å². The van der Waals surface area contributed by atoms with E-state index in [0.29, 0.717) is 13.2 Å². The third-order valence-corrected chi connectivity index (χ3v) is 7.77. The van der Waals surface area contributed by atoms with E-state index >= 15 is 0 Å². The van der Waals surface area contributed by atoms with Gasteiger partial charge in [-0.25, -0.2) is 0 Å². The molecule has 0 saturated heterocycles. The molecule has 0 amide bonds. The van der Waals surface area contributed by atoms with Crippen molar-refractivity contribution in [1.82, 2.24) is 0 Å². The van der Waals surface area contributed by atoms with E-state index in [4.69, 9.17) is 27.9 Å². The number of halogens is 2. The monoisotopic (exact) mass is 550 g/mol. The van der Waals surface area contributed by atoms with Gasteiger partial charge in [-0.2, -0.15) is 30.3 Å². The van der Waals surface area contributed by atoms with Crippen molar-refractivity contribution in [1.29, 1.82) is 0 Å². The van der Waals surface area contributed by atoms with Gasteiger partial charge in [0.1, 0.15) is 0 Å². The minimum absolute atomic E-state index is 0. The van der Waals surface area contributed by atoms with Crippen LogP contribution in [0.1, 0.15) is 69.1 Å². The Labute approximate surface area is 229 Å². The van der Waals surface area contributed by atoms with Gasteiger partial charge >= 0.3 is 0 Å². The number of hydrogen-bond donors (Lipinski definition) is 1. The fourth-order valence-electron chi connectivity index (χ4n) is 4.61. The van der Waals surface area contributed by atoms with E-state index in [9.17, 15) is 5.11 Å².